The minimum absolute atomic E-state index is 0.177. The second-order valence-electron chi connectivity index (χ2n) is 6.17. The highest BCUT2D eigenvalue weighted by molar-refractivity contribution is 7.89. The average Bonchev–Trinajstić information content (AvgIpc) is 2.69. The Bertz CT molecular complexity index is 1170. The van der Waals surface area contributed by atoms with Crippen LogP contribution in [0.25, 0.3) is 0 Å². The lowest BCUT2D eigenvalue weighted by atomic mass is 10.2. The third-order valence-electron chi connectivity index (χ3n) is 3.99. The van der Waals surface area contributed by atoms with Crippen molar-refractivity contribution in [1.29, 1.82) is 0 Å². The molecule has 0 aromatic heterocycles. The fourth-order valence-corrected chi connectivity index (χ4v) is 3.82. The number of rotatable bonds is 6. The van der Waals surface area contributed by atoms with Crippen molar-refractivity contribution < 1.29 is 23.1 Å². The molecule has 0 saturated carbocycles. The Balaban J connectivity index is 1.75. The first kappa shape index (κ1) is 21.4. The number of carbonyl (C=O) groups excluding carboxylic acids is 1. The fraction of sp³-hybridized carbons (Fsp3) is 0.0500. The molecular weight excluding hydrogens is 430 g/mol. The van der Waals surface area contributed by atoms with Gasteiger partial charge in [0.05, 0.1) is 16.4 Å². The summed E-state index contributed by atoms with van der Waals surface area (Å²) < 4.78 is 29.0. The predicted molar refractivity (Wildman–Crippen MR) is 114 cm³/mol. The molecule has 0 bridgehead atoms. The Labute approximate surface area is 178 Å². The number of ether oxygens (including phenoxy) is 1. The summed E-state index contributed by atoms with van der Waals surface area (Å²) in [6.45, 7) is 0.302. The lowest BCUT2D eigenvalue weighted by molar-refractivity contribution is 0.261. The van der Waals surface area contributed by atoms with Gasteiger partial charge in [-0.05, 0) is 29.8 Å². The topological polar surface area (TPSA) is 131 Å². The summed E-state index contributed by atoms with van der Waals surface area (Å²) in [6.07, 6.45) is 0. The number of benzene rings is 3. The molecule has 3 rings (SSSR count). The minimum atomic E-state index is -4.30. The molecule has 156 valence electrons. The van der Waals surface area contributed by atoms with Gasteiger partial charge in [-0.2, -0.15) is 0 Å². The van der Waals surface area contributed by atoms with E-state index in [1.165, 1.54) is 12.1 Å². The largest absolute Gasteiger partial charge is 0.504 e. The monoisotopic (exact) mass is 447 g/mol. The first-order valence-electron chi connectivity index (χ1n) is 8.63. The molecule has 0 aliphatic carbocycles. The number of phenolic OH excluding ortho intramolecular Hbond substituents is 1. The van der Waals surface area contributed by atoms with Gasteiger partial charge in [0.15, 0.2) is 5.75 Å². The summed E-state index contributed by atoms with van der Waals surface area (Å²) in [5, 5.41) is 19.9. The van der Waals surface area contributed by atoms with Crippen LogP contribution in [0.5, 0.6) is 11.5 Å². The van der Waals surface area contributed by atoms with E-state index in [1.54, 1.807) is 24.3 Å². The molecule has 8 nitrogen and oxygen atoms in total. The molecule has 5 N–H and O–H groups in total. The van der Waals surface area contributed by atoms with Crippen molar-refractivity contribution in [3.63, 3.8) is 0 Å². The van der Waals surface area contributed by atoms with E-state index in [9.17, 15) is 18.3 Å². The molecule has 0 spiro atoms. The number of nitrogens with two attached hydrogens (primary N) is 1. The summed E-state index contributed by atoms with van der Waals surface area (Å²) in [6, 6.07) is 18.0. The second-order valence-corrected chi connectivity index (χ2v) is 8.07. The number of sulfonamides is 1. The number of phenols is 1. The Kier molecular flexibility index (Phi) is 6.46. The normalized spacial score (nSPS) is 11.0. The van der Waals surface area contributed by atoms with E-state index >= 15 is 0 Å². The number of hydrogen-bond donors (Lipinski definition) is 4. The first-order chi connectivity index (χ1) is 14.3. The van der Waals surface area contributed by atoms with E-state index in [0.29, 0.717) is 18.0 Å². The Morgan fingerprint density at radius 2 is 1.60 bits per heavy atom. The minimum Gasteiger partial charge on any atom is -0.504 e. The van der Waals surface area contributed by atoms with Gasteiger partial charge in [0.2, 0.25) is 10.0 Å². The predicted octanol–water partition coefficient (Wildman–Crippen LogP) is 3.92. The van der Waals surface area contributed by atoms with E-state index < -0.39 is 26.7 Å². The number of aromatic hydroxyl groups is 1. The summed E-state index contributed by atoms with van der Waals surface area (Å²) in [4.78, 5) is 11.7. The van der Waals surface area contributed by atoms with Crippen LogP contribution in [0.1, 0.15) is 5.56 Å². The molecule has 0 radical (unpaired) electrons. The molecule has 30 heavy (non-hydrogen) atoms. The van der Waals surface area contributed by atoms with Gasteiger partial charge < -0.3 is 20.5 Å². The zero-order valence-corrected chi connectivity index (χ0v) is 17.1. The van der Waals surface area contributed by atoms with Gasteiger partial charge in [0.1, 0.15) is 17.3 Å². The van der Waals surface area contributed by atoms with E-state index in [1.807, 2.05) is 30.3 Å². The number of para-hydroxylation sites is 2. The Morgan fingerprint density at radius 1 is 0.967 bits per heavy atom. The van der Waals surface area contributed by atoms with Gasteiger partial charge in [-0.1, -0.05) is 54.1 Å². The fourth-order valence-electron chi connectivity index (χ4n) is 2.63. The molecule has 0 unspecified atom stereocenters. The number of amides is 2. The molecule has 0 saturated heterocycles. The highest BCUT2D eigenvalue weighted by atomic mass is 35.5. The maximum absolute atomic E-state index is 12.4. The molecule has 0 aliphatic heterocycles. The standard InChI is InChI=1S/C20H18ClN3O5S/c21-14-10-11-16(18(25)19(14)30(22,27)28)24-20(26)23-15-8-4-5-9-17(15)29-12-13-6-2-1-3-7-13/h1-11,25H,12H2,(H2,22,27,28)(H2,23,24,26). The third kappa shape index (κ3) is 5.20. The first-order valence-corrected chi connectivity index (χ1v) is 10.6. The van der Waals surface area contributed by atoms with Crippen LogP contribution in [0.2, 0.25) is 5.02 Å². The summed E-state index contributed by atoms with van der Waals surface area (Å²) in [5.74, 6) is -0.323. The van der Waals surface area contributed by atoms with Crippen molar-refractivity contribution in [3.05, 3.63) is 77.3 Å². The SMILES string of the molecule is NS(=O)(=O)c1c(Cl)ccc(NC(=O)Nc2ccccc2OCc2ccccc2)c1O. The van der Waals surface area contributed by atoms with Gasteiger partial charge in [-0.3, -0.25) is 0 Å². The lowest BCUT2D eigenvalue weighted by Gasteiger charge is -2.14. The highest BCUT2D eigenvalue weighted by Crippen LogP contribution is 2.36. The van der Waals surface area contributed by atoms with Crippen molar-refractivity contribution in [2.24, 2.45) is 5.14 Å². The van der Waals surface area contributed by atoms with E-state index in [-0.39, 0.29) is 10.7 Å². The molecule has 0 heterocycles. The molecule has 0 fully saturated rings. The van der Waals surface area contributed by atoms with Gasteiger partial charge in [-0.25, -0.2) is 18.4 Å². The van der Waals surface area contributed by atoms with Crippen molar-refractivity contribution in [1.82, 2.24) is 0 Å². The number of urea groups is 1. The molecule has 3 aromatic carbocycles. The summed E-state index contributed by atoms with van der Waals surface area (Å²) in [5.41, 5.74) is 1.16. The Morgan fingerprint density at radius 3 is 2.30 bits per heavy atom. The second kappa shape index (κ2) is 9.04. The van der Waals surface area contributed by atoms with Crippen LogP contribution in [0, 0.1) is 0 Å². The third-order valence-corrected chi connectivity index (χ3v) is 5.40. The molecule has 0 atom stereocenters. The molecule has 3 aromatic rings. The van der Waals surface area contributed by atoms with Gasteiger partial charge >= 0.3 is 6.03 Å². The Hall–Kier alpha value is -3.27. The summed E-state index contributed by atoms with van der Waals surface area (Å²) in [7, 11) is -4.30. The zero-order chi connectivity index (χ0) is 21.7. The van der Waals surface area contributed by atoms with Crippen LogP contribution in [0.15, 0.2) is 71.6 Å². The van der Waals surface area contributed by atoms with E-state index in [0.717, 1.165) is 5.56 Å². The van der Waals surface area contributed by atoms with Crippen LogP contribution in [0.4, 0.5) is 16.2 Å². The van der Waals surface area contributed by atoms with Crippen LogP contribution >= 0.6 is 11.6 Å². The quantitative estimate of drug-likeness (QED) is 0.425. The number of hydrogen-bond acceptors (Lipinski definition) is 5. The zero-order valence-electron chi connectivity index (χ0n) is 15.5. The van der Waals surface area contributed by atoms with Crippen molar-refractivity contribution in [2.45, 2.75) is 11.5 Å². The van der Waals surface area contributed by atoms with Crippen molar-refractivity contribution in [2.75, 3.05) is 10.6 Å². The van der Waals surface area contributed by atoms with E-state index in [2.05, 4.69) is 10.6 Å². The molecular formula is C20H18ClN3O5S. The van der Waals surface area contributed by atoms with Crippen LogP contribution in [0.3, 0.4) is 0 Å². The average molecular weight is 448 g/mol. The van der Waals surface area contributed by atoms with Crippen LogP contribution < -0.4 is 20.5 Å². The highest BCUT2D eigenvalue weighted by Gasteiger charge is 2.22. The number of anilines is 2. The van der Waals surface area contributed by atoms with Crippen molar-refractivity contribution >= 4 is 39.0 Å². The maximum Gasteiger partial charge on any atom is 0.323 e. The van der Waals surface area contributed by atoms with Crippen LogP contribution in [-0.4, -0.2) is 19.6 Å². The number of halogens is 1. The van der Waals surface area contributed by atoms with E-state index in [4.69, 9.17) is 21.5 Å². The number of carbonyl (C=O) groups is 1. The number of nitrogens with one attached hydrogen (secondary N) is 2. The van der Waals surface area contributed by atoms with Gasteiger partial charge in [-0.15, -0.1) is 0 Å². The molecule has 2 amide bonds. The van der Waals surface area contributed by atoms with Gasteiger partial charge in [0, 0.05) is 0 Å². The lowest BCUT2D eigenvalue weighted by Crippen LogP contribution is -2.21. The molecule has 10 heteroatoms. The van der Waals surface area contributed by atoms with Crippen molar-refractivity contribution in [3.8, 4) is 11.5 Å². The van der Waals surface area contributed by atoms with Gasteiger partial charge in [0.25, 0.3) is 0 Å². The number of primary sulfonamides is 1. The maximum atomic E-state index is 12.4. The smallest absolute Gasteiger partial charge is 0.323 e. The summed E-state index contributed by atoms with van der Waals surface area (Å²) >= 11 is 5.79. The molecule has 0 aliphatic rings. The van der Waals surface area contributed by atoms with Crippen LogP contribution in [-0.2, 0) is 16.6 Å².